The first-order chi connectivity index (χ1) is 5.59. The average molecular weight is 167 g/mol. The van der Waals surface area contributed by atoms with E-state index in [1.165, 1.54) is 0 Å². The highest BCUT2D eigenvalue weighted by atomic mass is 19.1. The van der Waals surface area contributed by atoms with Crippen molar-refractivity contribution >= 4 is 5.71 Å². The lowest BCUT2D eigenvalue weighted by Crippen LogP contribution is -2.02. The standard InChI is InChI=1S/C10H14FN/c1-7(2)12-10-5-4-9(11)6-8(10)3/h5-6,9H,4H2,1-3H3. The summed E-state index contributed by atoms with van der Waals surface area (Å²) in [4.78, 5) is 4.29. The second-order valence-electron chi connectivity index (χ2n) is 3.25. The van der Waals surface area contributed by atoms with Crippen LogP contribution < -0.4 is 0 Å². The molecule has 0 bridgehead atoms. The van der Waals surface area contributed by atoms with Gasteiger partial charge in [-0.2, -0.15) is 0 Å². The fourth-order valence-electron chi connectivity index (χ4n) is 1.18. The number of alkyl halides is 1. The molecule has 1 aliphatic rings. The molecule has 0 radical (unpaired) electrons. The Hall–Kier alpha value is -0.920. The molecule has 1 aliphatic carbocycles. The Kier molecular flexibility index (Phi) is 2.79. The first-order valence-electron chi connectivity index (χ1n) is 4.14. The Balaban J connectivity index is 2.81. The number of rotatable bonds is 1. The Morgan fingerprint density at radius 2 is 2.25 bits per heavy atom. The molecule has 0 fully saturated rings. The van der Waals surface area contributed by atoms with Crippen molar-refractivity contribution in [1.82, 2.24) is 0 Å². The molecular weight excluding hydrogens is 153 g/mol. The van der Waals surface area contributed by atoms with Crippen LogP contribution in [-0.4, -0.2) is 11.9 Å². The number of hydrogen-bond donors (Lipinski definition) is 0. The molecule has 0 aliphatic heterocycles. The van der Waals surface area contributed by atoms with Crippen LogP contribution >= 0.6 is 0 Å². The van der Waals surface area contributed by atoms with E-state index < -0.39 is 6.17 Å². The minimum absolute atomic E-state index is 0.462. The maximum Gasteiger partial charge on any atom is 0.122 e. The summed E-state index contributed by atoms with van der Waals surface area (Å²) < 4.78 is 12.8. The van der Waals surface area contributed by atoms with Gasteiger partial charge in [0.1, 0.15) is 6.17 Å². The molecule has 0 amide bonds. The second-order valence-corrected chi connectivity index (χ2v) is 3.25. The van der Waals surface area contributed by atoms with Gasteiger partial charge in [0.15, 0.2) is 0 Å². The van der Waals surface area contributed by atoms with Gasteiger partial charge in [0.05, 0.1) is 5.70 Å². The fraction of sp³-hybridized carbons (Fsp3) is 0.500. The molecule has 0 saturated carbocycles. The van der Waals surface area contributed by atoms with E-state index in [1.807, 2.05) is 26.8 Å². The summed E-state index contributed by atoms with van der Waals surface area (Å²) in [5.41, 5.74) is 2.87. The SMILES string of the molecule is CC1=CC(F)CC=C1N=C(C)C. The van der Waals surface area contributed by atoms with Crippen LogP contribution in [0, 0.1) is 0 Å². The van der Waals surface area contributed by atoms with Gasteiger partial charge in [-0.1, -0.05) is 6.08 Å². The van der Waals surface area contributed by atoms with Gasteiger partial charge in [-0.05, 0) is 32.4 Å². The third-order valence-corrected chi connectivity index (χ3v) is 1.72. The van der Waals surface area contributed by atoms with E-state index >= 15 is 0 Å². The maximum atomic E-state index is 12.8. The molecule has 66 valence electrons. The highest BCUT2D eigenvalue weighted by molar-refractivity contribution is 5.80. The second kappa shape index (κ2) is 3.65. The van der Waals surface area contributed by atoms with E-state index in [4.69, 9.17) is 0 Å². The van der Waals surface area contributed by atoms with E-state index in [0.717, 1.165) is 17.0 Å². The summed E-state index contributed by atoms with van der Waals surface area (Å²) >= 11 is 0. The molecule has 0 N–H and O–H groups in total. The van der Waals surface area contributed by atoms with Crippen LogP contribution in [0.1, 0.15) is 27.2 Å². The number of aliphatic imine (C=N–C) groups is 1. The number of allylic oxidation sites excluding steroid dienone is 3. The van der Waals surface area contributed by atoms with Crippen molar-refractivity contribution in [1.29, 1.82) is 0 Å². The van der Waals surface area contributed by atoms with Crippen LogP contribution in [0.25, 0.3) is 0 Å². The zero-order valence-electron chi connectivity index (χ0n) is 7.76. The van der Waals surface area contributed by atoms with Crippen LogP contribution in [0.4, 0.5) is 4.39 Å². The lowest BCUT2D eigenvalue weighted by Gasteiger charge is -2.11. The highest BCUT2D eigenvalue weighted by Crippen LogP contribution is 2.21. The van der Waals surface area contributed by atoms with Crippen LogP contribution in [0.3, 0.4) is 0 Å². The van der Waals surface area contributed by atoms with Gasteiger partial charge in [-0.15, -0.1) is 0 Å². The van der Waals surface area contributed by atoms with E-state index in [-0.39, 0.29) is 0 Å². The summed E-state index contributed by atoms with van der Waals surface area (Å²) in [7, 11) is 0. The lowest BCUT2D eigenvalue weighted by atomic mass is 10.0. The quantitative estimate of drug-likeness (QED) is 0.532. The van der Waals surface area contributed by atoms with Crippen molar-refractivity contribution in [2.45, 2.75) is 33.4 Å². The number of halogens is 1. The van der Waals surface area contributed by atoms with Crippen molar-refractivity contribution in [2.24, 2.45) is 4.99 Å². The molecule has 0 aromatic carbocycles. The molecular formula is C10H14FN. The summed E-state index contributed by atoms with van der Waals surface area (Å²) in [5.74, 6) is 0. The van der Waals surface area contributed by atoms with Gasteiger partial charge in [-0.25, -0.2) is 4.39 Å². The molecule has 1 unspecified atom stereocenters. The third-order valence-electron chi connectivity index (χ3n) is 1.72. The lowest BCUT2D eigenvalue weighted by molar-refractivity contribution is 0.398. The summed E-state index contributed by atoms with van der Waals surface area (Å²) in [5, 5.41) is 0. The van der Waals surface area contributed by atoms with Crippen LogP contribution in [0.2, 0.25) is 0 Å². The molecule has 0 saturated heterocycles. The van der Waals surface area contributed by atoms with Gasteiger partial charge in [0.25, 0.3) is 0 Å². The van der Waals surface area contributed by atoms with Gasteiger partial charge >= 0.3 is 0 Å². The van der Waals surface area contributed by atoms with Crippen molar-refractivity contribution < 1.29 is 4.39 Å². The molecule has 0 aromatic heterocycles. The summed E-state index contributed by atoms with van der Waals surface area (Å²) in [6.45, 7) is 5.77. The Morgan fingerprint density at radius 3 is 2.75 bits per heavy atom. The van der Waals surface area contributed by atoms with E-state index in [0.29, 0.717) is 6.42 Å². The fourth-order valence-corrected chi connectivity index (χ4v) is 1.18. The Bertz CT molecular complexity index is 257. The smallest absolute Gasteiger partial charge is 0.122 e. The van der Waals surface area contributed by atoms with Gasteiger partial charge in [0, 0.05) is 12.1 Å². The molecule has 1 nitrogen and oxygen atoms in total. The van der Waals surface area contributed by atoms with Crippen molar-refractivity contribution in [2.75, 3.05) is 0 Å². The zero-order valence-corrected chi connectivity index (χ0v) is 7.76. The van der Waals surface area contributed by atoms with Gasteiger partial charge in [0.2, 0.25) is 0 Å². The summed E-state index contributed by atoms with van der Waals surface area (Å²) in [6.07, 6.45) is 3.12. The molecule has 0 spiro atoms. The average Bonchev–Trinajstić information content (AvgIpc) is 1.94. The van der Waals surface area contributed by atoms with Crippen molar-refractivity contribution in [3.8, 4) is 0 Å². The third kappa shape index (κ3) is 2.29. The zero-order chi connectivity index (χ0) is 9.14. The number of nitrogens with zero attached hydrogens (tertiary/aromatic N) is 1. The van der Waals surface area contributed by atoms with Crippen molar-refractivity contribution in [3.05, 3.63) is 23.4 Å². The minimum atomic E-state index is -0.818. The largest absolute Gasteiger partial charge is 0.259 e. The molecule has 12 heavy (non-hydrogen) atoms. The molecule has 0 aromatic rings. The number of hydrogen-bond acceptors (Lipinski definition) is 1. The van der Waals surface area contributed by atoms with Gasteiger partial charge < -0.3 is 0 Å². The normalized spacial score (nSPS) is 22.8. The maximum absolute atomic E-state index is 12.8. The van der Waals surface area contributed by atoms with Gasteiger partial charge in [-0.3, -0.25) is 4.99 Å². The molecule has 1 rings (SSSR count). The predicted octanol–water partition coefficient (Wildman–Crippen LogP) is 3.04. The molecule has 0 heterocycles. The van der Waals surface area contributed by atoms with Crippen molar-refractivity contribution in [3.63, 3.8) is 0 Å². The minimum Gasteiger partial charge on any atom is -0.259 e. The molecule has 1 atom stereocenters. The first-order valence-corrected chi connectivity index (χ1v) is 4.14. The molecule has 2 heteroatoms. The Morgan fingerprint density at radius 1 is 1.58 bits per heavy atom. The first kappa shape index (κ1) is 9.17. The van der Waals surface area contributed by atoms with E-state index in [9.17, 15) is 4.39 Å². The highest BCUT2D eigenvalue weighted by Gasteiger charge is 2.10. The van der Waals surface area contributed by atoms with Crippen LogP contribution in [0.15, 0.2) is 28.4 Å². The van der Waals surface area contributed by atoms with E-state index in [1.54, 1.807) is 6.08 Å². The monoisotopic (exact) mass is 167 g/mol. The topological polar surface area (TPSA) is 12.4 Å². The van der Waals surface area contributed by atoms with E-state index in [2.05, 4.69) is 4.99 Å². The van der Waals surface area contributed by atoms with Crippen LogP contribution in [0.5, 0.6) is 0 Å². The van der Waals surface area contributed by atoms with Crippen LogP contribution in [-0.2, 0) is 0 Å². The Labute approximate surface area is 72.7 Å². The predicted molar refractivity (Wildman–Crippen MR) is 50.1 cm³/mol. The summed E-state index contributed by atoms with van der Waals surface area (Å²) in [6, 6.07) is 0.